The number of thioether (sulfide) groups is 1. The standard InChI is InChI=1S/C17H20BrNOS/c1-3-21-15-7-4-12(5-8-15)16(19)11-13-10-14(18)6-9-17(13)20-2/h4-10,16H,3,11,19H2,1-2H3. The minimum absolute atomic E-state index is 0.0334. The van der Waals surface area contributed by atoms with Crippen molar-refractivity contribution in [3.05, 3.63) is 58.1 Å². The van der Waals surface area contributed by atoms with Crippen molar-refractivity contribution < 1.29 is 4.74 Å². The summed E-state index contributed by atoms with van der Waals surface area (Å²) in [5.74, 6) is 1.97. The fraction of sp³-hybridized carbons (Fsp3) is 0.294. The normalized spacial score (nSPS) is 12.2. The van der Waals surface area contributed by atoms with Crippen molar-refractivity contribution in [2.24, 2.45) is 5.73 Å². The summed E-state index contributed by atoms with van der Waals surface area (Å²) in [5.41, 5.74) is 8.61. The fourth-order valence-electron chi connectivity index (χ4n) is 2.24. The van der Waals surface area contributed by atoms with Gasteiger partial charge in [0.15, 0.2) is 0 Å². The van der Waals surface area contributed by atoms with Gasteiger partial charge in [0.2, 0.25) is 0 Å². The van der Waals surface area contributed by atoms with Gasteiger partial charge in [0.1, 0.15) is 5.75 Å². The van der Waals surface area contributed by atoms with Crippen LogP contribution in [-0.2, 0) is 6.42 Å². The summed E-state index contributed by atoms with van der Waals surface area (Å²) in [6, 6.07) is 14.5. The summed E-state index contributed by atoms with van der Waals surface area (Å²) < 4.78 is 6.45. The number of halogens is 1. The first kappa shape index (κ1) is 16.4. The lowest BCUT2D eigenvalue weighted by molar-refractivity contribution is 0.408. The van der Waals surface area contributed by atoms with Crippen molar-refractivity contribution in [1.29, 1.82) is 0 Å². The van der Waals surface area contributed by atoms with Crippen LogP contribution in [0.3, 0.4) is 0 Å². The molecule has 0 aliphatic rings. The highest BCUT2D eigenvalue weighted by Gasteiger charge is 2.11. The van der Waals surface area contributed by atoms with E-state index in [9.17, 15) is 0 Å². The summed E-state index contributed by atoms with van der Waals surface area (Å²) in [5, 5.41) is 0. The lowest BCUT2D eigenvalue weighted by atomic mass is 9.99. The molecule has 2 N–H and O–H groups in total. The van der Waals surface area contributed by atoms with Gasteiger partial charge in [0, 0.05) is 15.4 Å². The molecule has 4 heteroatoms. The summed E-state index contributed by atoms with van der Waals surface area (Å²) in [6.07, 6.45) is 0.753. The number of rotatable bonds is 6. The highest BCUT2D eigenvalue weighted by atomic mass is 79.9. The highest BCUT2D eigenvalue weighted by Crippen LogP contribution is 2.28. The van der Waals surface area contributed by atoms with E-state index in [1.165, 1.54) is 4.90 Å². The molecule has 0 saturated heterocycles. The average molecular weight is 366 g/mol. The van der Waals surface area contributed by atoms with E-state index in [2.05, 4.69) is 53.2 Å². The van der Waals surface area contributed by atoms with E-state index in [0.717, 1.165) is 33.5 Å². The SMILES string of the molecule is CCSc1ccc(C(N)Cc2cc(Br)ccc2OC)cc1. The Morgan fingerprint density at radius 3 is 2.52 bits per heavy atom. The zero-order chi connectivity index (χ0) is 15.2. The molecule has 0 spiro atoms. The molecule has 2 aromatic rings. The largest absolute Gasteiger partial charge is 0.496 e. The average Bonchev–Trinajstić information content (AvgIpc) is 2.48. The maximum atomic E-state index is 6.35. The van der Waals surface area contributed by atoms with Gasteiger partial charge < -0.3 is 10.5 Å². The molecule has 0 fully saturated rings. The van der Waals surface area contributed by atoms with Crippen LogP contribution in [0, 0.1) is 0 Å². The van der Waals surface area contributed by atoms with Crippen molar-refractivity contribution in [3.8, 4) is 5.75 Å². The fourth-order valence-corrected chi connectivity index (χ4v) is 3.31. The quantitative estimate of drug-likeness (QED) is 0.745. The predicted molar refractivity (Wildman–Crippen MR) is 94.2 cm³/mol. The Morgan fingerprint density at radius 2 is 1.90 bits per heavy atom. The second kappa shape index (κ2) is 7.87. The van der Waals surface area contributed by atoms with Gasteiger partial charge in [-0.05, 0) is 53.6 Å². The topological polar surface area (TPSA) is 35.2 Å². The molecule has 0 aliphatic heterocycles. The van der Waals surface area contributed by atoms with Crippen molar-refractivity contribution in [2.75, 3.05) is 12.9 Å². The lowest BCUT2D eigenvalue weighted by Gasteiger charge is -2.15. The second-order valence-corrected chi connectivity index (χ2v) is 7.02. The molecule has 2 nitrogen and oxygen atoms in total. The van der Waals surface area contributed by atoms with E-state index in [-0.39, 0.29) is 6.04 Å². The Balaban J connectivity index is 2.13. The van der Waals surface area contributed by atoms with Gasteiger partial charge in [-0.25, -0.2) is 0 Å². The van der Waals surface area contributed by atoms with Gasteiger partial charge in [-0.1, -0.05) is 35.0 Å². The molecule has 1 unspecified atom stereocenters. The van der Waals surface area contributed by atoms with Crippen LogP contribution in [0.1, 0.15) is 24.1 Å². The maximum Gasteiger partial charge on any atom is 0.122 e. The molecule has 0 radical (unpaired) electrons. The second-order valence-electron chi connectivity index (χ2n) is 4.77. The molecule has 2 rings (SSSR count). The molecule has 0 aliphatic carbocycles. The van der Waals surface area contributed by atoms with Crippen LogP contribution in [0.5, 0.6) is 5.75 Å². The molecule has 112 valence electrons. The minimum atomic E-state index is -0.0334. The van der Waals surface area contributed by atoms with Crippen LogP contribution in [0.4, 0.5) is 0 Å². The van der Waals surface area contributed by atoms with Crippen LogP contribution in [0.25, 0.3) is 0 Å². The molecule has 0 saturated carbocycles. The van der Waals surface area contributed by atoms with Gasteiger partial charge in [-0.15, -0.1) is 11.8 Å². The van der Waals surface area contributed by atoms with E-state index in [4.69, 9.17) is 10.5 Å². The number of hydrogen-bond acceptors (Lipinski definition) is 3. The van der Waals surface area contributed by atoms with Crippen molar-refractivity contribution in [3.63, 3.8) is 0 Å². The first-order valence-electron chi connectivity index (χ1n) is 6.94. The van der Waals surface area contributed by atoms with Crippen molar-refractivity contribution in [2.45, 2.75) is 24.3 Å². The monoisotopic (exact) mass is 365 g/mol. The van der Waals surface area contributed by atoms with Crippen LogP contribution < -0.4 is 10.5 Å². The molecule has 0 bridgehead atoms. The smallest absolute Gasteiger partial charge is 0.122 e. The third-order valence-electron chi connectivity index (χ3n) is 3.30. The molecule has 0 heterocycles. The lowest BCUT2D eigenvalue weighted by Crippen LogP contribution is -2.13. The Hall–Kier alpha value is -0.970. The van der Waals surface area contributed by atoms with Crippen LogP contribution >= 0.6 is 27.7 Å². The number of methoxy groups -OCH3 is 1. The van der Waals surface area contributed by atoms with E-state index >= 15 is 0 Å². The van der Waals surface area contributed by atoms with Gasteiger partial charge in [-0.2, -0.15) is 0 Å². The van der Waals surface area contributed by atoms with E-state index < -0.39 is 0 Å². The van der Waals surface area contributed by atoms with Gasteiger partial charge >= 0.3 is 0 Å². The summed E-state index contributed by atoms with van der Waals surface area (Å²) >= 11 is 5.34. The van der Waals surface area contributed by atoms with Crippen molar-refractivity contribution >= 4 is 27.7 Å². The maximum absolute atomic E-state index is 6.35. The zero-order valence-electron chi connectivity index (χ0n) is 12.3. The Labute approximate surface area is 139 Å². The molecule has 0 amide bonds. The Bertz CT molecular complexity index is 586. The third kappa shape index (κ3) is 4.50. The van der Waals surface area contributed by atoms with Gasteiger partial charge in [0.25, 0.3) is 0 Å². The van der Waals surface area contributed by atoms with E-state index in [1.807, 2.05) is 23.9 Å². The molecule has 2 aromatic carbocycles. The Kier molecular flexibility index (Phi) is 6.15. The third-order valence-corrected chi connectivity index (χ3v) is 4.69. The van der Waals surface area contributed by atoms with Crippen LogP contribution in [0.2, 0.25) is 0 Å². The first-order chi connectivity index (χ1) is 10.1. The van der Waals surface area contributed by atoms with Crippen LogP contribution in [0.15, 0.2) is 51.8 Å². The van der Waals surface area contributed by atoms with Crippen molar-refractivity contribution in [1.82, 2.24) is 0 Å². The summed E-state index contributed by atoms with van der Waals surface area (Å²) in [6.45, 7) is 2.16. The molecular weight excluding hydrogens is 346 g/mol. The number of hydrogen-bond donors (Lipinski definition) is 1. The molecule has 0 aromatic heterocycles. The number of nitrogens with two attached hydrogens (primary N) is 1. The Morgan fingerprint density at radius 1 is 1.19 bits per heavy atom. The summed E-state index contributed by atoms with van der Waals surface area (Å²) in [4.78, 5) is 1.29. The first-order valence-corrected chi connectivity index (χ1v) is 8.72. The highest BCUT2D eigenvalue weighted by molar-refractivity contribution is 9.10. The number of ether oxygens (including phenoxy) is 1. The van der Waals surface area contributed by atoms with Gasteiger partial charge in [-0.3, -0.25) is 0 Å². The summed E-state index contributed by atoms with van der Waals surface area (Å²) in [7, 11) is 1.69. The zero-order valence-corrected chi connectivity index (χ0v) is 14.7. The molecule has 21 heavy (non-hydrogen) atoms. The van der Waals surface area contributed by atoms with Gasteiger partial charge in [0.05, 0.1) is 7.11 Å². The minimum Gasteiger partial charge on any atom is -0.496 e. The predicted octanol–water partition coefficient (Wildman–Crippen LogP) is 4.81. The molecule has 1 atom stereocenters. The number of benzene rings is 2. The van der Waals surface area contributed by atoms with E-state index in [1.54, 1.807) is 7.11 Å². The van der Waals surface area contributed by atoms with Crippen LogP contribution in [-0.4, -0.2) is 12.9 Å². The molecular formula is C17H20BrNOS. The van der Waals surface area contributed by atoms with E-state index in [0.29, 0.717) is 0 Å².